The van der Waals surface area contributed by atoms with Gasteiger partial charge in [-0.2, -0.15) is 5.26 Å². The fourth-order valence-electron chi connectivity index (χ4n) is 3.77. The molecule has 1 saturated heterocycles. The van der Waals surface area contributed by atoms with E-state index in [1.807, 2.05) is 17.5 Å². The third-order valence-electron chi connectivity index (χ3n) is 5.47. The number of hydrogen-bond donors (Lipinski definition) is 4. The Hall–Kier alpha value is -3.36. The predicted molar refractivity (Wildman–Crippen MR) is 137 cm³/mol. The first-order chi connectivity index (χ1) is 17.8. The number of hydrogen-bond acceptors (Lipinski definition) is 10. The van der Waals surface area contributed by atoms with Crippen LogP contribution in [0.3, 0.4) is 0 Å². The molecule has 0 aliphatic carbocycles. The zero-order chi connectivity index (χ0) is 26.5. The van der Waals surface area contributed by atoms with E-state index in [4.69, 9.17) is 5.26 Å². The van der Waals surface area contributed by atoms with Gasteiger partial charge in [0, 0.05) is 30.0 Å². The Morgan fingerprint density at radius 3 is 2.92 bits per heavy atom. The second-order valence-electron chi connectivity index (χ2n) is 7.94. The van der Waals surface area contributed by atoms with Crippen molar-refractivity contribution < 1.29 is 24.3 Å². The summed E-state index contributed by atoms with van der Waals surface area (Å²) < 4.78 is 4.25. The fourth-order valence-corrected chi connectivity index (χ4v) is 7.66. The van der Waals surface area contributed by atoms with Gasteiger partial charge in [0.25, 0.3) is 5.91 Å². The van der Waals surface area contributed by atoms with Gasteiger partial charge in [-0.15, -0.1) is 16.9 Å². The molecule has 0 radical (unpaired) electrons. The van der Waals surface area contributed by atoms with Crippen LogP contribution >= 0.6 is 34.2 Å². The van der Waals surface area contributed by atoms with Gasteiger partial charge in [-0.3, -0.25) is 19.2 Å². The topological polar surface area (TPSA) is 195 Å². The highest BCUT2D eigenvalue weighted by molar-refractivity contribution is 8.17. The molecule has 0 saturated carbocycles. The lowest BCUT2D eigenvalue weighted by atomic mass is 10.0. The highest BCUT2D eigenvalue weighted by Gasteiger charge is 2.54. The molecule has 196 valence electrons. The van der Waals surface area contributed by atoms with E-state index in [0.29, 0.717) is 28.7 Å². The number of β-lactam (4-membered cyclic amide) rings is 1. The summed E-state index contributed by atoms with van der Waals surface area (Å²) in [6.07, 6.45) is 2.63. The summed E-state index contributed by atoms with van der Waals surface area (Å²) >= 11 is 2.67. The van der Waals surface area contributed by atoms with Crippen molar-refractivity contribution in [1.29, 1.82) is 5.26 Å². The molecule has 1 fully saturated rings. The molecule has 0 spiro atoms. The molecule has 3 atom stereocenters. The van der Waals surface area contributed by atoms with Crippen molar-refractivity contribution in [2.45, 2.75) is 35.8 Å². The van der Waals surface area contributed by atoms with Gasteiger partial charge in [-0.05, 0) is 27.8 Å². The van der Waals surface area contributed by atoms with Crippen LogP contribution in [0.1, 0.15) is 19.3 Å². The zero-order valence-corrected chi connectivity index (χ0v) is 22.0. The van der Waals surface area contributed by atoms with Crippen molar-refractivity contribution in [3.8, 4) is 6.07 Å². The van der Waals surface area contributed by atoms with Crippen molar-refractivity contribution in [2.75, 3.05) is 18.1 Å². The van der Waals surface area contributed by atoms with Crippen molar-refractivity contribution in [1.82, 2.24) is 40.5 Å². The number of carbonyl (C=O) groups excluding carboxylic acids is 3. The summed E-state index contributed by atoms with van der Waals surface area (Å²) in [5.74, 6) is -1.38. The number of aryl methyl sites for hydroxylation is 1. The van der Waals surface area contributed by atoms with Gasteiger partial charge in [-0.1, -0.05) is 28.5 Å². The Morgan fingerprint density at radius 2 is 2.22 bits per heavy atom. The Labute approximate surface area is 222 Å². The Morgan fingerprint density at radius 1 is 1.41 bits per heavy atom. The van der Waals surface area contributed by atoms with E-state index in [1.165, 1.54) is 33.1 Å². The normalized spacial score (nSPS) is 22.3. The standard InChI is InChI=1S/C20H23N9O5S3/c1-28-20(24-26-27-28)36-10-11-9-35-17-14(16(31)29(17)15(11)18(32)33)23-13(30)8-12-4-2-7-37(12)25-19(34)22-6-3-5-21/h4,7,14,17H,2-3,6,8-10H2,1H3,(H,23,30)(H,32,33)(H2,22,25,34)/t14-,17?,37?/m1/s1. The average molecular weight is 566 g/mol. The number of carboxylic acid groups (broad SMARTS) is 1. The first-order valence-corrected chi connectivity index (χ1v) is 14.3. The number of carbonyl (C=O) groups is 4. The summed E-state index contributed by atoms with van der Waals surface area (Å²) in [6.45, 7) is 0.225. The number of thioether (sulfide) groups is 2. The molecule has 4 rings (SSSR count). The lowest BCUT2D eigenvalue weighted by Gasteiger charge is -2.49. The zero-order valence-electron chi connectivity index (χ0n) is 19.5. The van der Waals surface area contributed by atoms with Gasteiger partial charge in [0.05, 0.1) is 18.9 Å². The van der Waals surface area contributed by atoms with E-state index < -0.39 is 40.0 Å². The number of rotatable bonds is 10. The molecule has 2 unspecified atom stereocenters. The minimum Gasteiger partial charge on any atom is -0.477 e. The van der Waals surface area contributed by atoms with E-state index in [2.05, 4.69) is 30.9 Å². The highest BCUT2D eigenvalue weighted by atomic mass is 32.2. The van der Waals surface area contributed by atoms with Crippen molar-refractivity contribution >= 4 is 63.4 Å². The maximum absolute atomic E-state index is 12.9. The molecule has 1 aromatic rings. The van der Waals surface area contributed by atoms with Crippen molar-refractivity contribution in [2.24, 2.45) is 7.05 Å². The van der Waals surface area contributed by atoms with E-state index >= 15 is 0 Å². The Balaban J connectivity index is 1.33. The monoisotopic (exact) mass is 565 g/mol. The SMILES string of the molecule is Cn1nnnc1SCC1=C(C(=O)O)N2C(=O)[C@@H](NC(=O)CC3=CCC=S3NC(=O)NCCC#N)C2SC1. The second kappa shape index (κ2) is 11.8. The molecule has 4 amide bonds. The maximum atomic E-state index is 12.9. The first-order valence-electron chi connectivity index (χ1n) is 11.0. The molecule has 37 heavy (non-hydrogen) atoms. The summed E-state index contributed by atoms with van der Waals surface area (Å²) in [7, 11) is 0.934. The molecular formula is C20H23N9O5S3. The number of amides is 4. The van der Waals surface area contributed by atoms with Crippen LogP contribution in [0.4, 0.5) is 4.79 Å². The number of fused-ring (bicyclic) bond motifs is 1. The van der Waals surface area contributed by atoms with Gasteiger partial charge >= 0.3 is 12.0 Å². The van der Waals surface area contributed by atoms with Crippen LogP contribution in [0.5, 0.6) is 0 Å². The number of nitrogens with zero attached hydrogens (tertiary/aromatic N) is 6. The highest BCUT2D eigenvalue weighted by Crippen LogP contribution is 2.41. The number of aromatic nitrogens is 4. The summed E-state index contributed by atoms with van der Waals surface area (Å²) in [4.78, 5) is 51.6. The lowest BCUT2D eigenvalue weighted by Crippen LogP contribution is -2.70. The average Bonchev–Trinajstić information content (AvgIpc) is 3.48. The maximum Gasteiger partial charge on any atom is 0.352 e. The molecule has 0 bridgehead atoms. The molecule has 4 N–H and O–H groups in total. The van der Waals surface area contributed by atoms with Crippen LogP contribution in [0, 0.1) is 11.3 Å². The number of nitriles is 1. The molecule has 0 aromatic carbocycles. The van der Waals surface area contributed by atoms with Crippen LogP contribution in [0.2, 0.25) is 0 Å². The fraction of sp³-hybridized carbons (Fsp3) is 0.450. The second-order valence-corrected chi connectivity index (χ2v) is 11.7. The van der Waals surface area contributed by atoms with Gasteiger partial charge in [-0.25, -0.2) is 14.3 Å². The first kappa shape index (κ1) is 26.7. The molecular weight excluding hydrogens is 542 g/mol. The minimum atomic E-state index is -1.20. The van der Waals surface area contributed by atoms with Crippen LogP contribution < -0.4 is 15.4 Å². The third kappa shape index (κ3) is 5.97. The van der Waals surface area contributed by atoms with Gasteiger partial charge in [0.15, 0.2) is 0 Å². The predicted octanol–water partition coefficient (Wildman–Crippen LogP) is -0.0825. The summed E-state index contributed by atoms with van der Waals surface area (Å²) in [6, 6.07) is 0.679. The molecule has 3 aliphatic heterocycles. The molecule has 4 heterocycles. The molecule has 3 aliphatic rings. The smallest absolute Gasteiger partial charge is 0.352 e. The van der Waals surface area contributed by atoms with E-state index in [1.54, 1.807) is 7.05 Å². The van der Waals surface area contributed by atoms with Crippen molar-refractivity contribution in [3.63, 3.8) is 0 Å². The lowest BCUT2D eigenvalue weighted by molar-refractivity contribution is -0.150. The minimum absolute atomic E-state index is 0.00545. The number of urea groups is 1. The van der Waals surface area contributed by atoms with Crippen LogP contribution in [0.25, 0.3) is 0 Å². The van der Waals surface area contributed by atoms with Gasteiger partial charge in [0.1, 0.15) is 17.1 Å². The Bertz CT molecular complexity index is 1270. The Kier molecular flexibility index (Phi) is 8.51. The van der Waals surface area contributed by atoms with Crippen LogP contribution in [-0.4, -0.2) is 88.9 Å². The quantitative estimate of drug-likeness (QED) is 0.128. The van der Waals surface area contributed by atoms with Crippen LogP contribution in [-0.2, 0) is 21.4 Å². The van der Waals surface area contributed by atoms with E-state index in [-0.39, 0.29) is 31.0 Å². The molecule has 14 nitrogen and oxygen atoms in total. The number of tetrazole rings is 1. The third-order valence-corrected chi connectivity index (χ3v) is 9.72. The van der Waals surface area contributed by atoms with Gasteiger partial charge in [0.2, 0.25) is 11.1 Å². The van der Waals surface area contributed by atoms with Crippen molar-refractivity contribution in [3.05, 3.63) is 22.3 Å². The van der Waals surface area contributed by atoms with Gasteiger partial charge < -0.3 is 15.7 Å². The summed E-state index contributed by atoms with van der Waals surface area (Å²) in [5.41, 5.74) is 0.512. The number of nitrogens with one attached hydrogen (secondary N) is 3. The molecule has 17 heteroatoms. The number of aliphatic carboxylic acids is 1. The van der Waals surface area contributed by atoms with E-state index in [0.717, 1.165) is 4.91 Å². The molecule has 1 aromatic heterocycles. The number of carboxylic acids is 1. The number of allylic oxidation sites excluding steroid dienone is 1. The van der Waals surface area contributed by atoms with E-state index in [9.17, 15) is 24.3 Å². The summed E-state index contributed by atoms with van der Waals surface area (Å²) in [5, 5.41) is 36.8. The largest absolute Gasteiger partial charge is 0.477 e. The van der Waals surface area contributed by atoms with Crippen LogP contribution in [0.15, 0.2) is 27.4 Å².